The Morgan fingerprint density at radius 2 is 1.89 bits per heavy atom. The molecule has 3 aromatic rings. The highest BCUT2D eigenvalue weighted by Crippen LogP contribution is 2.22. The van der Waals surface area contributed by atoms with Gasteiger partial charge in [0.15, 0.2) is 0 Å². The number of hydrogen-bond acceptors (Lipinski definition) is 6. The summed E-state index contributed by atoms with van der Waals surface area (Å²) in [6.07, 6.45) is 0. The molecular formula is C20H21N5O2. The summed E-state index contributed by atoms with van der Waals surface area (Å²) < 4.78 is 0. The van der Waals surface area contributed by atoms with E-state index in [-0.39, 0.29) is 18.6 Å². The minimum Gasteiger partial charge on any atom is -0.399 e. The van der Waals surface area contributed by atoms with Crippen LogP contribution in [0.1, 0.15) is 17.3 Å². The van der Waals surface area contributed by atoms with Crippen molar-refractivity contribution in [2.75, 3.05) is 23.0 Å². The Balaban J connectivity index is 1.93. The molecule has 1 amide bonds. The van der Waals surface area contributed by atoms with Gasteiger partial charge in [-0.2, -0.15) is 4.98 Å². The van der Waals surface area contributed by atoms with Gasteiger partial charge in [-0.25, -0.2) is 4.98 Å². The van der Waals surface area contributed by atoms with Crippen LogP contribution in [0.25, 0.3) is 11.3 Å². The molecule has 2 aromatic carbocycles. The summed E-state index contributed by atoms with van der Waals surface area (Å²) in [5.41, 5.74) is 8.23. The standard InChI is InChI=1S/C20H21N5O2/c1-13(12-26)22-20-23-17(14-6-3-2-4-7-14)11-18(25-20)24-19(27)15-8-5-9-16(21)10-15/h2-11,13,26H,12,21H2,1H3,(H2,22,23,24,25,27)/t13-/m1/s1. The van der Waals surface area contributed by atoms with Gasteiger partial charge in [0.05, 0.1) is 12.3 Å². The van der Waals surface area contributed by atoms with Gasteiger partial charge in [-0.3, -0.25) is 4.79 Å². The molecule has 3 rings (SSSR count). The van der Waals surface area contributed by atoms with E-state index in [0.717, 1.165) is 5.56 Å². The first kappa shape index (κ1) is 18.3. The minimum atomic E-state index is -0.318. The van der Waals surface area contributed by atoms with E-state index in [0.29, 0.717) is 28.7 Å². The van der Waals surface area contributed by atoms with Gasteiger partial charge >= 0.3 is 0 Å². The van der Waals surface area contributed by atoms with E-state index in [1.165, 1.54) is 0 Å². The van der Waals surface area contributed by atoms with Crippen LogP contribution in [-0.2, 0) is 0 Å². The highest BCUT2D eigenvalue weighted by atomic mass is 16.3. The van der Waals surface area contributed by atoms with Crippen molar-refractivity contribution in [3.63, 3.8) is 0 Å². The van der Waals surface area contributed by atoms with Crippen LogP contribution in [0.4, 0.5) is 17.5 Å². The third-order valence-corrected chi connectivity index (χ3v) is 3.84. The molecule has 0 aliphatic rings. The number of nitrogens with zero attached hydrogens (tertiary/aromatic N) is 2. The summed E-state index contributed by atoms with van der Waals surface area (Å²) in [5, 5.41) is 15.1. The molecule has 0 spiro atoms. The summed E-state index contributed by atoms with van der Waals surface area (Å²) in [7, 11) is 0. The van der Waals surface area contributed by atoms with Gasteiger partial charge in [0, 0.05) is 28.9 Å². The Hall–Kier alpha value is -3.45. The van der Waals surface area contributed by atoms with Crippen molar-refractivity contribution in [1.82, 2.24) is 9.97 Å². The van der Waals surface area contributed by atoms with Crippen molar-refractivity contribution in [3.05, 3.63) is 66.2 Å². The zero-order chi connectivity index (χ0) is 19.2. The van der Waals surface area contributed by atoms with Crippen molar-refractivity contribution in [2.24, 2.45) is 0 Å². The average Bonchev–Trinajstić information content (AvgIpc) is 2.68. The Bertz CT molecular complexity index is 931. The molecule has 7 nitrogen and oxygen atoms in total. The quantitative estimate of drug-likeness (QED) is 0.501. The largest absolute Gasteiger partial charge is 0.399 e. The molecule has 0 aliphatic carbocycles. The minimum absolute atomic E-state index is 0.0656. The summed E-state index contributed by atoms with van der Waals surface area (Å²) in [4.78, 5) is 21.3. The topological polar surface area (TPSA) is 113 Å². The predicted octanol–water partition coefficient (Wildman–Crippen LogP) is 2.77. The van der Waals surface area contributed by atoms with Crippen molar-refractivity contribution >= 4 is 23.4 Å². The van der Waals surface area contributed by atoms with Crippen molar-refractivity contribution in [3.8, 4) is 11.3 Å². The molecule has 0 radical (unpaired) electrons. The third-order valence-electron chi connectivity index (χ3n) is 3.84. The first-order chi connectivity index (χ1) is 13.0. The van der Waals surface area contributed by atoms with E-state index in [1.54, 1.807) is 30.3 Å². The van der Waals surface area contributed by atoms with Crippen LogP contribution in [0.5, 0.6) is 0 Å². The molecule has 138 valence electrons. The number of nitrogens with one attached hydrogen (secondary N) is 2. The van der Waals surface area contributed by atoms with E-state index in [9.17, 15) is 9.90 Å². The third kappa shape index (κ3) is 4.80. The first-order valence-corrected chi connectivity index (χ1v) is 8.54. The summed E-state index contributed by atoms with van der Waals surface area (Å²) in [5.74, 6) is 0.353. The molecular weight excluding hydrogens is 342 g/mol. The second kappa shape index (κ2) is 8.29. The summed E-state index contributed by atoms with van der Waals surface area (Å²) in [6, 6.07) is 17.8. The smallest absolute Gasteiger partial charge is 0.256 e. The van der Waals surface area contributed by atoms with Crippen molar-refractivity contribution in [2.45, 2.75) is 13.0 Å². The molecule has 5 N–H and O–H groups in total. The number of anilines is 3. The fraction of sp³-hybridized carbons (Fsp3) is 0.150. The van der Waals surface area contributed by atoms with Crippen molar-refractivity contribution < 1.29 is 9.90 Å². The van der Waals surface area contributed by atoms with E-state index >= 15 is 0 Å². The number of benzene rings is 2. The van der Waals surface area contributed by atoms with E-state index < -0.39 is 0 Å². The number of aliphatic hydroxyl groups excluding tert-OH is 1. The molecule has 0 bridgehead atoms. The van der Waals surface area contributed by atoms with Gasteiger partial charge in [0.25, 0.3) is 5.91 Å². The molecule has 1 atom stereocenters. The number of aromatic nitrogens is 2. The van der Waals surface area contributed by atoms with Crippen LogP contribution in [-0.4, -0.2) is 33.6 Å². The SMILES string of the molecule is C[C@H](CO)Nc1nc(NC(=O)c2cccc(N)c2)cc(-c2ccccc2)n1. The molecule has 1 heterocycles. The highest BCUT2D eigenvalue weighted by Gasteiger charge is 2.12. The van der Waals surface area contributed by atoms with Gasteiger partial charge in [-0.1, -0.05) is 36.4 Å². The summed E-state index contributed by atoms with van der Waals surface area (Å²) >= 11 is 0. The first-order valence-electron chi connectivity index (χ1n) is 8.54. The van der Waals surface area contributed by atoms with Gasteiger partial charge in [-0.15, -0.1) is 0 Å². The summed E-state index contributed by atoms with van der Waals surface area (Å²) in [6.45, 7) is 1.74. The molecule has 0 saturated carbocycles. The number of nitrogens with two attached hydrogens (primary N) is 1. The zero-order valence-electron chi connectivity index (χ0n) is 14.9. The van der Waals surface area contributed by atoms with Gasteiger partial charge < -0.3 is 21.5 Å². The average molecular weight is 363 g/mol. The van der Waals surface area contributed by atoms with Gasteiger partial charge in [0.1, 0.15) is 5.82 Å². The van der Waals surface area contributed by atoms with E-state index in [1.807, 2.05) is 37.3 Å². The highest BCUT2D eigenvalue weighted by molar-refractivity contribution is 6.04. The lowest BCUT2D eigenvalue weighted by atomic mass is 10.1. The van der Waals surface area contributed by atoms with Crippen LogP contribution < -0.4 is 16.4 Å². The zero-order valence-corrected chi connectivity index (χ0v) is 14.9. The maximum Gasteiger partial charge on any atom is 0.256 e. The fourth-order valence-corrected chi connectivity index (χ4v) is 2.47. The predicted molar refractivity (Wildman–Crippen MR) is 106 cm³/mol. The fourth-order valence-electron chi connectivity index (χ4n) is 2.47. The Morgan fingerprint density at radius 1 is 1.11 bits per heavy atom. The van der Waals surface area contributed by atoms with E-state index in [2.05, 4.69) is 20.6 Å². The second-order valence-electron chi connectivity index (χ2n) is 6.14. The Kier molecular flexibility index (Phi) is 5.63. The monoisotopic (exact) mass is 363 g/mol. The Labute approximate surface area is 157 Å². The van der Waals surface area contributed by atoms with E-state index in [4.69, 9.17) is 5.73 Å². The maximum atomic E-state index is 12.5. The van der Waals surface area contributed by atoms with Gasteiger partial charge in [0.2, 0.25) is 5.95 Å². The number of rotatable bonds is 6. The molecule has 0 saturated heterocycles. The van der Waals surface area contributed by atoms with Gasteiger partial charge in [-0.05, 0) is 25.1 Å². The lowest BCUT2D eigenvalue weighted by Crippen LogP contribution is -2.22. The second-order valence-corrected chi connectivity index (χ2v) is 6.14. The number of amides is 1. The normalized spacial score (nSPS) is 11.6. The molecule has 1 aromatic heterocycles. The van der Waals surface area contributed by atoms with Crippen LogP contribution in [0.3, 0.4) is 0 Å². The number of nitrogen functional groups attached to an aromatic ring is 1. The molecule has 27 heavy (non-hydrogen) atoms. The number of aliphatic hydroxyl groups is 1. The van der Waals surface area contributed by atoms with Crippen molar-refractivity contribution in [1.29, 1.82) is 0 Å². The van der Waals surface area contributed by atoms with Crippen LogP contribution in [0, 0.1) is 0 Å². The Morgan fingerprint density at radius 3 is 2.59 bits per heavy atom. The number of carbonyl (C=O) groups is 1. The molecule has 7 heteroatoms. The van der Waals surface area contributed by atoms with Crippen LogP contribution in [0.15, 0.2) is 60.7 Å². The lowest BCUT2D eigenvalue weighted by molar-refractivity contribution is 0.102. The molecule has 0 fully saturated rings. The number of hydrogen-bond donors (Lipinski definition) is 4. The maximum absolute atomic E-state index is 12.5. The molecule has 0 aliphatic heterocycles. The van der Waals surface area contributed by atoms with Crippen LogP contribution in [0.2, 0.25) is 0 Å². The number of carbonyl (C=O) groups excluding carboxylic acids is 1. The van der Waals surface area contributed by atoms with Crippen LogP contribution >= 0.6 is 0 Å². The molecule has 0 unspecified atom stereocenters. The lowest BCUT2D eigenvalue weighted by Gasteiger charge is -2.14.